The monoisotopic (exact) mass is 319 g/mol. The second-order valence-corrected chi connectivity index (χ2v) is 5.15. The fourth-order valence-corrected chi connectivity index (χ4v) is 2.32. The first-order chi connectivity index (χ1) is 9.13. The van der Waals surface area contributed by atoms with Gasteiger partial charge in [-0.1, -0.05) is 35.0 Å². The highest BCUT2D eigenvalue weighted by atomic mass is 79.9. The van der Waals surface area contributed by atoms with Crippen molar-refractivity contribution in [3.8, 4) is 11.5 Å². The number of aryl methyl sites for hydroxylation is 3. The van der Waals surface area contributed by atoms with Gasteiger partial charge in [0.2, 0.25) is 0 Å². The molecular formula is C16H18BrNO. The molecule has 0 fully saturated rings. The van der Waals surface area contributed by atoms with Crippen LogP contribution in [0.3, 0.4) is 0 Å². The standard InChI is InChI=1S/C16H18BrNO/c1-4-14-16(7-5-12(3)18-14)19-15-8-6-13(10-17)9-11(15)2/h5-9H,4,10H2,1-3H3. The van der Waals surface area contributed by atoms with Crippen LogP contribution in [0.5, 0.6) is 11.5 Å². The molecular weight excluding hydrogens is 302 g/mol. The van der Waals surface area contributed by atoms with Crippen molar-refractivity contribution < 1.29 is 4.74 Å². The number of aromatic nitrogens is 1. The fraction of sp³-hybridized carbons (Fsp3) is 0.312. The third-order valence-electron chi connectivity index (χ3n) is 3.02. The Bertz CT molecular complexity index is 581. The van der Waals surface area contributed by atoms with Gasteiger partial charge < -0.3 is 4.74 Å². The first kappa shape index (κ1) is 14.1. The van der Waals surface area contributed by atoms with Crippen LogP contribution in [0.1, 0.15) is 29.4 Å². The lowest BCUT2D eigenvalue weighted by Gasteiger charge is -2.12. The van der Waals surface area contributed by atoms with Crippen molar-refractivity contribution in [3.05, 3.63) is 52.8 Å². The van der Waals surface area contributed by atoms with Gasteiger partial charge in [-0.2, -0.15) is 0 Å². The molecule has 1 aromatic carbocycles. The molecule has 0 atom stereocenters. The van der Waals surface area contributed by atoms with Crippen LogP contribution in [0.4, 0.5) is 0 Å². The quantitative estimate of drug-likeness (QED) is 0.744. The Kier molecular flexibility index (Phi) is 4.59. The highest BCUT2D eigenvalue weighted by Gasteiger charge is 2.07. The number of hydrogen-bond acceptors (Lipinski definition) is 2. The number of hydrogen-bond donors (Lipinski definition) is 0. The van der Waals surface area contributed by atoms with Crippen LogP contribution < -0.4 is 4.74 Å². The van der Waals surface area contributed by atoms with Crippen LogP contribution in [-0.2, 0) is 11.8 Å². The first-order valence-electron chi connectivity index (χ1n) is 6.44. The average Bonchev–Trinajstić information content (AvgIpc) is 2.42. The molecule has 2 rings (SSSR count). The van der Waals surface area contributed by atoms with E-state index in [1.165, 1.54) is 5.56 Å². The molecule has 3 heteroatoms. The summed E-state index contributed by atoms with van der Waals surface area (Å²) in [6.45, 7) is 6.16. The number of pyridine rings is 1. The SMILES string of the molecule is CCc1nc(C)ccc1Oc1ccc(CBr)cc1C. The molecule has 0 aliphatic heterocycles. The molecule has 0 aliphatic rings. The predicted molar refractivity (Wildman–Crippen MR) is 82.2 cm³/mol. The molecule has 2 nitrogen and oxygen atoms in total. The van der Waals surface area contributed by atoms with Crippen molar-refractivity contribution in [1.29, 1.82) is 0 Å². The minimum atomic E-state index is 0.850. The van der Waals surface area contributed by atoms with Gasteiger partial charge in [-0.05, 0) is 49.6 Å². The van der Waals surface area contributed by atoms with Gasteiger partial charge in [0.1, 0.15) is 11.5 Å². The number of rotatable bonds is 4. The Balaban J connectivity index is 2.31. The number of halogens is 1. The molecule has 0 saturated heterocycles. The van der Waals surface area contributed by atoms with Gasteiger partial charge in [0, 0.05) is 11.0 Å². The van der Waals surface area contributed by atoms with Gasteiger partial charge in [0.15, 0.2) is 0 Å². The number of ether oxygens (including phenoxy) is 1. The summed E-state index contributed by atoms with van der Waals surface area (Å²) in [5, 5.41) is 0.862. The molecule has 1 aromatic heterocycles. The lowest BCUT2D eigenvalue weighted by Crippen LogP contribution is -1.97. The average molecular weight is 320 g/mol. The predicted octanol–water partition coefficient (Wildman–Crippen LogP) is 4.95. The van der Waals surface area contributed by atoms with Gasteiger partial charge in [-0.3, -0.25) is 4.98 Å². The molecule has 0 N–H and O–H groups in total. The third-order valence-corrected chi connectivity index (χ3v) is 3.67. The summed E-state index contributed by atoms with van der Waals surface area (Å²) in [4.78, 5) is 4.52. The van der Waals surface area contributed by atoms with E-state index in [4.69, 9.17) is 4.74 Å². The van der Waals surface area contributed by atoms with E-state index in [0.29, 0.717) is 0 Å². The maximum absolute atomic E-state index is 6.01. The summed E-state index contributed by atoms with van der Waals surface area (Å²) < 4.78 is 6.01. The number of alkyl halides is 1. The van der Waals surface area contributed by atoms with Crippen molar-refractivity contribution in [2.24, 2.45) is 0 Å². The zero-order chi connectivity index (χ0) is 13.8. The molecule has 0 aliphatic carbocycles. The Morgan fingerprint density at radius 2 is 1.84 bits per heavy atom. The number of nitrogens with zero attached hydrogens (tertiary/aromatic N) is 1. The highest BCUT2D eigenvalue weighted by Crippen LogP contribution is 2.28. The Hall–Kier alpha value is -1.35. The molecule has 0 spiro atoms. The largest absolute Gasteiger partial charge is 0.455 e. The second-order valence-electron chi connectivity index (χ2n) is 4.59. The molecule has 1 heterocycles. The van der Waals surface area contributed by atoms with Crippen LogP contribution in [0.15, 0.2) is 30.3 Å². The van der Waals surface area contributed by atoms with E-state index < -0.39 is 0 Å². The molecule has 2 aromatic rings. The topological polar surface area (TPSA) is 22.1 Å². The summed E-state index contributed by atoms with van der Waals surface area (Å²) >= 11 is 3.46. The zero-order valence-electron chi connectivity index (χ0n) is 11.5. The summed E-state index contributed by atoms with van der Waals surface area (Å²) in [7, 11) is 0. The van der Waals surface area contributed by atoms with Crippen LogP contribution >= 0.6 is 15.9 Å². The molecule has 100 valence electrons. The fourth-order valence-electron chi connectivity index (χ4n) is 1.97. The van der Waals surface area contributed by atoms with Crippen molar-refractivity contribution in [2.75, 3.05) is 0 Å². The Morgan fingerprint density at radius 3 is 2.47 bits per heavy atom. The summed E-state index contributed by atoms with van der Waals surface area (Å²) in [6.07, 6.45) is 0.871. The van der Waals surface area contributed by atoms with Crippen molar-refractivity contribution in [1.82, 2.24) is 4.98 Å². The van der Waals surface area contributed by atoms with Crippen molar-refractivity contribution in [3.63, 3.8) is 0 Å². The lowest BCUT2D eigenvalue weighted by atomic mass is 10.1. The second kappa shape index (κ2) is 6.20. The smallest absolute Gasteiger partial charge is 0.148 e. The molecule has 0 amide bonds. The Morgan fingerprint density at radius 1 is 1.11 bits per heavy atom. The first-order valence-corrected chi connectivity index (χ1v) is 7.56. The van der Waals surface area contributed by atoms with Crippen LogP contribution in [0.2, 0.25) is 0 Å². The van der Waals surface area contributed by atoms with Crippen LogP contribution in [0, 0.1) is 13.8 Å². The molecule has 0 radical (unpaired) electrons. The summed E-state index contributed by atoms with van der Waals surface area (Å²) in [5.74, 6) is 1.74. The van der Waals surface area contributed by atoms with E-state index in [9.17, 15) is 0 Å². The van der Waals surface area contributed by atoms with Gasteiger partial charge >= 0.3 is 0 Å². The van der Waals surface area contributed by atoms with Gasteiger partial charge in [0.05, 0.1) is 5.69 Å². The van der Waals surface area contributed by atoms with Gasteiger partial charge in [-0.25, -0.2) is 0 Å². The van der Waals surface area contributed by atoms with Gasteiger partial charge in [-0.15, -0.1) is 0 Å². The maximum Gasteiger partial charge on any atom is 0.148 e. The minimum Gasteiger partial charge on any atom is -0.455 e. The van der Waals surface area contributed by atoms with E-state index >= 15 is 0 Å². The third kappa shape index (κ3) is 3.35. The van der Waals surface area contributed by atoms with E-state index in [1.807, 2.05) is 25.1 Å². The zero-order valence-corrected chi connectivity index (χ0v) is 13.1. The summed E-state index contributed by atoms with van der Waals surface area (Å²) in [6, 6.07) is 10.2. The summed E-state index contributed by atoms with van der Waals surface area (Å²) in [5.41, 5.74) is 4.42. The molecule has 0 unspecified atom stereocenters. The lowest BCUT2D eigenvalue weighted by molar-refractivity contribution is 0.469. The van der Waals surface area contributed by atoms with E-state index in [-0.39, 0.29) is 0 Å². The van der Waals surface area contributed by atoms with Gasteiger partial charge in [0.25, 0.3) is 0 Å². The van der Waals surface area contributed by atoms with Crippen LogP contribution in [-0.4, -0.2) is 4.98 Å². The van der Waals surface area contributed by atoms with Crippen molar-refractivity contribution in [2.45, 2.75) is 32.5 Å². The van der Waals surface area contributed by atoms with E-state index in [1.54, 1.807) is 0 Å². The minimum absolute atomic E-state index is 0.850. The van der Waals surface area contributed by atoms with Crippen molar-refractivity contribution >= 4 is 15.9 Å². The molecule has 0 saturated carbocycles. The molecule has 0 bridgehead atoms. The van der Waals surface area contributed by atoms with Crippen LogP contribution in [0.25, 0.3) is 0 Å². The Labute approximate surface area is 123 Å². The maximum atomic E-state index is 6.01. The molecule has 19 heavy (non-hydrogen) atoms. The number of benzene rings is 1. The van der Waals surface area contributed by atoms with E-state index in [0.717, 1.165) is 40.2 Å². The van der Waals surface area contributed by atoms with E-state index in [2.05, 4.69) is 46.9 Å². The normalized spacial score (nSPS) is 10.5. The highest BCUT2D eigenvalue weighted by molar-refractivity contribution is 9.08.